The van der Waals surface area contributed by atoms with Crippen LogP contribution in [0.4, 0.5) is 13.2 Å². The first kappa shape index (κ1) is 14.2. The number of benzene rings is 1. The number of aromatic nitrogens is 2. The summed E-state index contributed by atoms with van der Waals surface area (Å²) in [5.74, 6) is 0.394. The molecule has 0 aliphatic carbocycles. The van der Waals surface area contributed by atoms with Gasteiger partial charge in [-0.1, -0.05) is 0 Å². The van der Waals surface area contributed by atoms with E-state index in [1.807, 2.05) is 0 Å². The van der Waals surface area contributed by atoms with Gasteiger partial charge < -0.3 is 4.74 Å². The van der Waals surface area contributed by atoms with Gasteiger partial charge in [0, 0.05) is 7.05 Å². The molecule has 0 saturated heterocycles. The summed E-state index contributed by atoms with van der Waals surface area (Å²) < 4.78 is 45.2. The van der Waals surface area contributed by atoms with E-state index in [9.17, 15) is 13.2 Å². The van der Waals surface area contributed by atoms with Gasteiger partial charge in [-0.2, -0.15) is 18.3 Å². The van der Waals surface area contributed by atoms with Gasteiger partial charge in [-0.3, -0.25) is 4.68 Å². The summed E-state index contributed by atoms with van der Waals surface area (Å²) in [5, 5.41) is 4.06. The van der Waals surface area contributed by atoms with E-state index in [0.29, 0.717) is 5.75 Å². The largest absolute Gasteiger partial charge is 0.487 e. The molecule has 102 valence electrons. The van der Waals surface area contributed by atoms with Crippen LogP contribution < -0.4 is 4.74 Å². The van der Waals surface area contributed by atoms with E-state index in [4.69, 9.17) is 4.74 Å². The zero-order chi connectivity index (χ0) is 14.0. The first-order valence-corrected chi connectivity index (χ1v) is 6.42. The van der Waals surface area contributed by atoms with Crippen molar-refractivity contribution in [2.45, 2.75) is 12.8 Å². The van der Waals surface area contributed by atoms with Gasteiger partial charge >= 0.3 is 6.18 Å². The summed E-state index contributed by atoms with van der Waals surface area (Å²) in [6.07, 6.45) is -2.62. The molecule has 0 spiro atoms. The lowest BCUT2D eigenvalue weighted by atomic mass is 10.2. The molecule has 1 aromatic carbocycles. The zero-order valence-electron chi connectivity index (χ0n) is 9.91. The Hall–Kier alpha value is -1.25. The van der Waals surface area contributed by atoms with Gasteiger partial charge in [-0.15, -0.1) is 0 Å². The van der Waals surface area contributed by atoms with E-state index in [1.165, 1.54) is 12.1 Å². The third-order valence-electron chi connectivity index (χ3n) is 2.57. The van der Waals surface area contributed by atoms with Crippen LogP contribution in [-0.4, -0.2) is 9.78 Å². The fourth-order valence-electron chi connectivity index (χ4n) is 1.49. The number of rotatable bonds is 3. The van der Waals surface area contributed by atoms with Crippen LogP contribution in [0.1, 0.15) is 11.3 Å². The molecular weight excluding hydrogens is 372 g/mol. The lowest BCUT2D eigenvalue weighted by molar-refractivity contribution is -0.137. The molecule has 0 unspecified atom stereocenters. The standard InChI is InChI=1S/C12H10F3IN2O/c1-18-11(10(16)6-17-18)7-19-9-4-2-8(3-5-9)12(13,14)15/h2-6H,7H2,1H3. The fraction of sp³-hybridized carbons (Fsp3) is 0.250. The third-order valence-corrected chi connectivity index (χ3v) is 3.47. The number of nitrogens with zero attached hydrogens (tertiary/aromatic N) is 2. The maximum Gasteiger partial charge on any atom is 0.416 e. The predicted octanol–water partition coefficient (Wildman–Crippen LogP) is 3.62. The van der Waals surface area contributed by atoms with E-state index in [2.05, 4.69) is 27.7 Å². The van der Waals surface area contributed by atoms with Gasteiger partial charge in [0.05, 0.1) is 21.0 Å². The average molecular weight is 382 g/mol. The smallest absolute Gasteiger partial charge is 0.416 e. The SMILES string of the molecule is Cn1ncc(I)c1COc1ccc(C(F)(F)F)cc1. The average Bonchev–Trinajstić information content (AvgIpc) is 2.66. The molecule has 0 amide bonds. The number of hydrogen-bond acceptors (Lipinski definition) is 2. The Morgan fingerprint density at radius 3 is 2.37 bits per heavy atom. The molecule has 0 saturated carbocycles. The van der Waals surface area contributed by atoms with Crippen LogP contribution in [-0.2, 0) is 19.8 Å². The quantitative estimate of drug-likeness (QED) is 0.759. The molecule has 1 aromatic heterocycles. The summed E-state index contributed by atoms with van der Waals surface area (Å²) in [6, 6.07) is 4.63. The van der Waals surface area contributed by atoms with Crippen molar-refractivity contribution in [3.05, 3.63) is 45.3 Å². The molecule has 2 aromatic rings. The first-order chi connectivity index (χ1) is 8.88. The Morgan fingerprint density at radius 2 is 1.89 bits per heavy atom. The molecule has 0 N–H and O–H groups in total. The molecule has 7 heteroatoms. The van der Waals surface area contributed by atoms with Crippen molar-refractivity contribution in [1.29, 1.82) is 0 Å². The van der Waals surface area contributed by atoms with Gasteiger partial charge in [0.2, 0.25) is 0 Å². The van der Waals surface area contributed by atoms with Crippen molar-refractivity contribution in [2.24, 2.45) is 7.05 Å². The molecule has 0 radical (unpaired) electrons. The van der Waals surface area contributed by atoms with E-state index in [1.54, 1.807) is 17.9 Å². The van der Waals surface area contributed by atoms with Crippen LogP contribution in [0.5, 0.6) is 5.75 Å². The van der Waals surface area contributed by atoms with E-state index in [-0.39, 0.29) is 6.61 Å². The van der Waals surface area contributed by atoms with Crippen molar-refractivity contribution in [2.75, 3.05) is 0 Å². The molecule has 19 heavy (non-hydrogen) atoms. The second-order valence-corrected chi connectivity index (χ2v) is 5.04. The monoisotopic (exact) mass is 382 g/mol. The molecule has 1 heterocycles. The number of halogens is 4. The van der Waals surface area contributed by atoms with Gasteiger partial charge in [0.15, 0.2) is 0 Å². The number of aryl methyl sites for hydroxylation is 1. The normalized spacial score (nSPS) is 11.6. The van der Waals surface area contributed by atoms with Crippen LogP contribution in [0.3, 0.4) is 0 Å². The Morgan fingerprint density at radius 1 is 1.26 bits per heavy atom. The highest BCUT2D eigenvalue weighted by Crippen LogP contribution is 2.30. The molecule has 3 nitrogen and oxygen atoms in total. The summed E-state index contributed by atoms with van der Waals surface area (Å²) in [7, 11) is 1.79. The van der Waals surface area contributed by atoms with Gasteiger partial charge in [-0.05, 0) is 46.9 Å². The lowest BCUT2D eigenvalue weighted by Crippen LogP contribution is -2.06. The number of ether oxygens (including phenoxy) is 1. The van der Waals surface area contributed by atoms with Crippen LogP contribution in [0, 0.1) is 3.57 Å². The molecule has 0 aliphatic heterocycles. The van der Waals surface area contributed by atoms with Crippen LogP contribution in [0.15, 0.2) is 30.5 Å². The zero-order valence-corrected chi connectivity index (χ0v) is 12.1. The van der Waals surface area contributed by atoms with Crippen molar-refractivity contribution >= 4 is 22.6 Å². The minimum absolute atomic E-state index is 0.264. The Bertz CT molecular complexity index is 544. The van der Waals surface area contributed by atoms with E-state index < -0.39 is 11.7 Å². The van der Waals surface area contributed by atoms with Crippen molar-refractivity contribution < 1.29 is 17.9 Å². The highest BCUT2D eigenvalue weighted by atomic mass is 127. The highest BCUT2D eigenvalue weighted by molar-refractivity contribution is 14.1. The van der Waals surface area contributed by atoms with E-state index >= 15 is 0 Å². The second-order valence-electron chi connectivity index (χ2n) is 3.87. The first-order valence-electron chi connectivity index (χ1n) is 5.34. The van der Waals surface area contributed by atoms with Crippen LogP contribution >= 0.6 is 22.6 Å². The van der Waals surface area contributed by atoms with E-state index in [0.717, 1.165) is 21.4 Å². The lowest BCUT2D eigenvalue weighted by Gasteiger charge is -2.09. The minimum Gasteiger partial charge on any atom is -0.487 e. The minimum atomic E-state index is -4.32. The van der Waals surface area contributed by atoms with Crippen molar-refractivity contribution in [3.63, 3.8) is 0 Å². The third kappa shape index (κ3) is 3.40. The Balaban J connectivity index is 2.05. The van der Waals surface area contributed by atoms with Gasteiger partial charge in [0.25, 0.3) is 0 Å². The van der Waals surface area contributed by atoms with Crippen molar-refractivity contribution in [3.8, 4) is 5.75 Å². The van der Waals surface area contributed by atoms with Crippen LogP contribution in [0.2, 0.25) is 0 Å². The topological polar surface area (TPSA) is 27.1 Å². The molecule has 2 rings (SSSR count). The predicted molar refractivity (Wildman–Crippen MR) is 71.7 cm³/mol. The number of alkyl halides is 3. The molecule has 0 atom stereocenters. The summed E-state index contributed by atoms with van der Waals surface area (Å²) >= 11 is 2.13. The maximum atomic E-state index is 12.4. The summed E-state index contributed by atoms with van der Waals surface area (Å²) in [6.45, 7) is 0.264. The fourth-order valence-corrected chi connectivity index (χ4v) is 2.12. The highest BCUT2D eigenvalue weighted by Gasteiger charge is 2.30. The molecule has 0 fully saturated rings. The molecule has 0 bridgehead atoms. The van der Waals surface area contributed by atoms with Gasteiger partial charge in [0.1, 0.15) is 12.4 Å². The molecule has 0 aliphatic rings. The van der Waals surface area contributed by atoms with Crippen molar-refractivity contribution in [1.82, 2.24) is 9.78 Å². The Kier molecular flexibility index (Phi) is 4.02. The summed E-state index contributed by atoms with van der Waals surface area (Å²) in [5.41, 5.74) is 0.190. The second kappa shape index (κ2) is 5.40. The van der Waals surface area contributed by atoms with Crippen LogP contribution in [0.25, 0.3) is 0 Å². The molecular formula is C12H10F3IN2O. The Labute approximate surface area is 121 Å². The van der Waals surface area contributed by atoms with Gasteiger partial charge in [-0.25, -0.2) is 0 Å². The number of hydrogen-bond donors (Lipinski definition) is 0. The summed E-state index contributed by atoms with van der Waals surface area (Å²) in [4.78, 5) is 0. The maximum absolute atomic E-state index is 12.4.